The molecule has 15 heavy (non-hydrogen) atoms. The van der Waals surface area contributed by atoms with E-state index in [1.807, 2.05) is 0 Å². The molecular weight excluding hydrogens is 196 g/mol. The number of phenols is 1. The standard InChI is InChI=1S/C9H12N4O2/c1-15-7-2-3-8(14)6(4-7)5-12-13-9(10)11/h2-5,14H,1H3,(H4,10,11,13)/p+1/b12-5+. The Balaban J connectivity index is 2.93. The number of nitrogens with one attached hydrogen (secondary N) is 1. The first kappa shape index (κ1) is 10.8. The van der Waals surface area contributed by atoms with Crippen molar-refractivity contribution >= 4 is 12.2 Å². The van der Waals surface area contributed by atoms with Crippen LogP contribution in [-0.4, -0.2) is 24.4 Å². The van der Waals surface area contributed by atoms with Gasteiger partial charge in [0.2, 0.25) is 6.21 Å². The Morgan fingerprint density at radius 3 is 2.87 bits per heavy atom. The van der Waals surface area contributed by atoms with E-state index in [2.05, 4.69) is 10.2 Å². The van der Waals surface area contributed by atoms with Crippen molar-refractivity contribution < 1.29 is 14.9 Å². The number of nitrogens with two attached hydrogens (primary N) is 2. The third kappa shape index (κ3) is 3.18. The van der Waals surface area contributed by atoms with Crippen LogP contribution in [0.3, 0.4) is 0 Å². The number of rotatable bonds is 3. The molecule has 0 aliphatic carbocycles. The smallest absolute Gasteiger partial charge is 0.256 e. The Bertz CT molecular complexity index is 397. The highest BCUT2D eigenvalue weighted by molar-refractivity contribution is 5.80. The maximum Gasteiger partial charge on any atom is 0.256 e. The van der Waals surface area contributed by atoms with E-state index in [4.69, 9.17) is 16.2 Å². The predicted molar refractivity (Wildman–Crippen MR) is 56.6 cm³/mol. The number of aromatic hydroxyl groups is 1. The van der Waals surface area contributed by atoms with Crippen LogP contribution in [0.15, 0.2) is 23.3 Å². The summed E-state index contributed by atoms with van der Waals surface area (Å²) in [5.41, 5.74) is 10.7. The van der Waals surface area contributed by atoms with Crippen molar-refractivity contribution in [2.45, 2.75) is 0 Å². The molecule has 0 spiro atoms. The Hall–Kier alpha value is -2.24. The second-order valence-corrected chi connectivity index (χ2v) is 2.73. The van der Waals surface area contributed by atoms with Crippen LogP contribution in [0.2, 0.25) is 0 Å². The molecule has 0 unspecified atom stereocenters. The lowest BCUT2D eigenvalue weighted by atomic mass is 10.2. The topological polar surface area (TPSA) is 108 Å². The molecule has 0 heterocycles. The molecule has 0 fully saturated rings. The molecule has 0 aliphatic heterocycles. The summed E-state index contributed by atoms with van der Waals surface area (Å²) in [5.74, 6) is 0.647. The SMILES string of the molecule is COc1ccc(O)c(/C=[NH+]/N=C(N)N)c1. The number of hydrazone groups is 1. The molecular formula is C9H13N4O2+. The number of ether oxygens (including phenoxy) is 1. The molecule has 0 aromatic heterocycles. The van der Waals surface area contributed by atoms with Gasteiger partial charge in [-0.15, -0.1) is 5.10 Å². The van der Waals surface area contributed by atoms with Crippen molar-refractivity contribution in [1.29, 1.82) is 0 Å². The van der Waals surface area contributed by atoms with Gasteiger partial charge in [-0.05, 0) is 18.2 Å². The summed E-state index contributed by atoms with van der Waals surface area (Å²) in [7, 11) is 1.54. The zero-order valence-corrected chi connectivity index (χ0v) is 8.27. The second-order valence-electron chi connectivity index (χ2n) is 2.73. The molecule has 1 aromatic rings. The molecule has 0 atom stereocenters. The number of methoxy groups -OCH3 is 1. The summed E-state index contributed by atoms with van der Waals surface area (Å²) in [5, 5.41) is 15.5. The summed E-state index contributed by atoms with van der Waals surface area (Å²) in [4.78, 5) is 0. The first-order valence-electron chi connectivity index (χ1n) is 4.18. The molecule has 6 nitrogen and oxygen atoms in total. The van der Waals surface area contributed by atoms with E-state index < -0.39 is 0 Å². The van der Waals surface area contributed by atoms with E-state index in [1.165, 1.54) is 12.3 Å². The van der Waals surface area contributed by atoms with Gasteiger partial charge in [0.25, 0.3) is 5.96 Å². The van der Waals surface area contributed by atoms with Crippen molar-refractivity contribution in [2.24, 2.45) is 16.6 Å². The van der Waals surface area contributed by atoms with Crippen LogP contribution in [0.4, 0.5) is 0 Å². The van der Waals surface area contributed by atoms with Gasteiger partial charge in [-0.3, -0.25) is 0 Å². The van der Waals surface area contributed by atoms with E-state index in [1.54, 1.807) is 19.2 Å². The number of nitrogens with zero attached hydrogens (tertiary/aromatic N) is 1. The molecule has 0 radical (unpaired) electrons. The molecule has 0 bridgehead atoms. The maximum atomic E-state index is 9.46. The largest absolute Gasteiger partial charge is 0.507 e. The van der Waals surface area contributed by atoms with Crippen LogP contribution >= 0.6 is 0 Å². The number of benzene rings is 1. The monoisotopic (exact) mass is 209 g/mol. The van der Waals surface area contributed by atoms with Crippen LogP contribution in [0.5, 0.6) is 11.5 Å². The molecule has 0 saturated carbocycles. The number of phenolic OH excluding ortho intramolecular Hbond substituents is 1. The normalized spacial score (nSPS) is 10.2. The molecule has 0 aliphatic rings. The van der Waals surface area contributed by atoms with E-state index >= 15 is 0 Å². The summed E-state index contributed by atoms with van der Waals surface area (Å²) < 4.78 is 4.99. The lowest BCUT2D eigenvalue weighted by molar-refractivity contribution is -0.456. The van der Waals surface area contributed by atoms with Gasteiger partial charge in [-0.2, -0.15) is 0 Å². The second kappa shape index (κ2) is 4.85. The molecule has 1 rings (SSSR count). The van der Waals surface area contributed by atoms with Gasteiger partial charge in [0.1, 0.15) is 11.5 Å². The maximum absolute atomic E-state index is 9.46. The van der Waals surface area contributed by atoms with Gasteiger partial charge < -0.3 is 21.3 Å². The Morgan fingerprint density at radius 2 is 2.27 bits per heavy atom. The fraction of sp³-hybridized carbons (Fsp3) is 0.111. The first-order valence-corrected chi connectivity index (χ1v) is 4.18. The zero-order valence-electron chi connectivity index (χ0n) is 8.27. The van der Waals surface area contributed by atoms with Gasteiger partial charge in [0.15, 0.2) is 0 Å². The first-order chi connectivity index (χ1) is 7.13. The van der Waals surface area contributed by atoms with Crippen molar-refractivity contribution in [3.8, 4) is 11.5 Å². The minimum Gasteiger partial charge on any atom is -0.507 e. The fourth-order valence-electron chi connectivity index (χ4n) is 0.952. The fourth-order valence-corrected chi connectivity index (χ4v) is 0.952. The van der Waals surface area contributed by atoms with E-state index in [9.17, 15) is 5.11 Å². The van der Waals surface area contributed by atoms with Crippen molar-refractivity contribution in [3.05, 3.63) is 23.8 Å². The summed E-state index contributed by atoms with van der Waals surface area (Å²) in [6, 6.07) is 4.81. The third-order valence-electron chi connectivity index (χ3n) is 1.65. The van der Waals surface area contributed by atoms with Gasteiger partial charge >= 0.3 is 0 Å². The molecule has 1 aromatic carbocycles. The van der Waals surface area contributed by atoms with Crippen molar-refractivity contribution in [2.75, 3.05) is 7.11 Å². The van der Waals surface area contributed by atoms with E-state index in [0.29, 0.717) is 11.3 Å². The highest BCUT2D eigenvalue weighted by Gasteiger charge is 2.02. The highest BCUT2D eigenvalue weighted by Crippen LogP contribution is 2.20. The minimum atomic E-state index is -0.0892. The third-order valence-corrected chi connectivity index (χ3v) is 1.65. The van der Waals surface area contributed by atoms with Crippen LogP contribution in [0, 0.1) is 0 Å². The van der Waals surface area contributed by atoms with Crippen molar-refractivity contribution in [3.63, 3.8) is 0 Å². The Labute approximate surface area is 86.9 Å². The molecule has 6 N–H and O–H groups in total. The van der Waals surface area contributed by atoms with Gasteiger partial charge in [-0.1, -0.05) is 0 Å². The average Bonchev–Trinajstić information content (AvgIpc) is 2.20. The lowest BCUT2D eigenvalue weighted by Gasteiger charge is -2.00. The van der Waals surface area contributed by atoms with Gasteiger partial charge in [0.05, 0.1) is 12.7 Å². The summed E-state index contributed by atoms with van der Waals surface area (Å²) in [6.45, 7) is 0. The highest BCUT2D eigenvalue weighted by atomic mass is 16.5. The molecule has 6 heteroatoms. The summed E-state index contributed by atoms with van der Waals surface area (Å²) >= 11 is 0. The minimum absolute atomic E-state index is 0.0892. The van der Waals surface area contributed by atoms with E-state index in [-0.39, 0.29) is 11.7 Å². The average molecular weight is 209 g/mol. The molecule has 0 amide bonds. The van der Waals surface area contributed by atoms with Crippen LogP contribution in [0.1, 0.15) is 5.56 Å². The summed E-state index contributed by atoms with van der Waals surface area (Å²) in [6.07, 6.45) is 1.46. The quantitative estimate of drug-likeness (QED) is 0.264. The van der Waals surface area contributed by atoms with Gasteiger partial charge in [0, 0.05) is 5.10 Å². The lowest BCUT2D eigenvalue weighted by Crippen LogP contribution is -2.63. The number of hydrogen-bond donors (Lipinski definition) is 4. The van der Waals surface area contributed by atoms with E-state index in [0.717, 1.165) is 0 Å². The predicted octanol–water partition coefficient (Wildman–Crippen LogP) is -1.91. The molecule has 80 valence electrons. The van der Waals surface area contributed by atoms with Crippen molar-refractivity contribution in [1.82, 2.24) is 0 Å². The van der Waals surface area contributed by atoms with Gasteiger partial charge in [-0.25, -0.2) is 0 Å². The number of guanidine groups is 1. The number of hydrogen-bond acceptors (Lipinski definition) is 3. The zero-order chi connectivity index (χ0) is 11.3. The van der Waals surface area contributed by atoms with Crippen LogP contribution < -0.4 is 21.3 Å². The van der Waals surface area contributed by atoms with Crippen LogP contribution in [-0.2, 0) is 0 Å². The Kier molecular flexibility index (Phi) is 3.50. The van der Waals surface area contributed by atoms with Crippen LogP contribution in [0.25, 0.3) is 0 Å². The Morgan fingerprint density at radius 1 is 1.53 bits per heavy atom. The molecule has 0 saturated heterocycles.